The topological polar surface area (TPSA) is 42.0 Å². The van der Waals surface area contributed by atoms with Crippen molar-refractivity contribution in [2.24, 2.45) is 0 Å². The van der Waals surface area contributed by atoms with Gasteiger partial charge in [0.2, 0.25) is 0 Å². The minimum Gasteiger partial charge on any atom is -0.492 e. The summed E-state index contributed by atoms with van der Waals surface area (Å²) in [5, 5.41) is 0. The third kappa shape index (κ3) is 3.21. The Morgan fingerprint density at radius 1 is 1.08 bits per heavy atom. The molecule has 2 aliphatic rings. The number of para-hydroxylation sites is 3. The lowest BCUT2D eigenvalue weighted by molar-refractivity contribution is -0.138. The van der Waals surface area contributed by atoms with Gasteiger partial charge in [0.05, 0.1) is 12.3 Å². The Morgan fingerprint density at radius 2 is 1.81 bits per heavy atom. The Bertz CT molecular complexity index is 759. The normalized spacial score (nSPS) is 19.0. The van der Waals surface area contributed by atoms with E-state index in [4.69, 9.17) is 9.47 Å². The molecule has 0 N–H and O–H groups in total. The highest BCUT2D eigenvalue weighted by atomic mass is 16.5. The van der Waals surface area contributed by atoms with Crippen molar-refractivity contribution < 1.29 is 14.3 Å². The first-order chi connectivity index (χ1) is 12.8. The second-order valence-electron chi connectivity index (χ2n) is 6.63. The Morgan fingerprint density at radius 3 is 2.58 bits per heavy atom. The average Bonchev–Trinajstić information content (AvgIpc) is 3.12. The molecule has 5 heteroatoms. The molecule has 2 aromatic rings. The first-order valence-corrected chi connectivity index (χ1v) is 9.26. The molecule has 0 radical (unpaired) electrons. The van der Waals surface area contributed by atoms with Gasteiger partial charge in [-0.3, -0.25) is 4.79 Å². The van der Waals surface area contributed by atoms with E-state index in [-0.39, 0.29) is 12.0 Å². The molecule has 0 unspecified atom stereocenters. The van der Waals surface area contributed by atoms with Crippen LogP contribution in [0.4, 0.5) is 5.69 Å². The first-order valence-electron chi connectivity index (χ1n) is 9.26. The number of ether oxygens (including phenoxy) is 2. The average molecular weight is 352 g/mol. The van der Waals surface area contributed by atoms with Crippen molar-refractivity contribution in [3.05, 3.63) is 54.1 Å². The Balaban J connectivity index is 1.38. The fourth-order valence-corrected chi connectivity index (χ4v) is 3.69. The SMILES string of the molecule is CCOc1ccccc1N1CCN(C(=O)[C@H]2Cc3ccccc3O2)CC1. The molecular weight excluding hydrogens is 328 g/mol. The zero-order valence-corrected chi connectivity index (χ0v) is 15.1. The summed E-state index contributed by atoms with van der Waals surface area (Å²) in [6.07, 6.45) is 0.289. The van der Waals surface area contributed by atoms with Crippen LogP contribution in [-0.4, -0.2) is 49.7 Å². The van der Waals surface area contributed by atoms with Crippen molar-refractivity contribution in [2.75, 3.05) is 37.7 Å². The van der Waals surface area contributed by atoms with E-state index in [1.807, 2.05) is 54.3 Å². The predicted molar refractivity (Wildman–Crippen MR) is 101 cm³/mol. The molecule has 0 bridgehead atoms. The maximum Gasteiger partial charge on any atom is 0.264 e. The lowest BCUT2D eigenvalue weighted by Gasteiger charge is -2.37. The van der Waals surface area contributed by atoms with Gasteiger partial charge in [-0.15, -0.1) is 0 Å². The quantitative estimate of drug-likeness (QED) is 0.849. The Hall–Kier alpha value is -2.69. The van der Waals surface area contributed by atoms with Crippen LogP contribution in [0.5, 0.6) is 11.5 Å². The highest BCUT2D eigenvalue weighted by Crippen LogP contribution is 2.31. The summed E-state index contributed by atoms with van der Waals surface area (Å²) in [4.78, 5) is 17.1. The number of anilines is 1. The molecule has 0 spiro atoms. The molecule has 136 valence electrons. The zero-order valence-electron chi connectivity index (χ0n) is 15.1. The number of benzene rings is 2. The molecule has 5 nitrogen and oxygen atoms in total. The van der Waals surface area contributed by atoms with Crippen molar-refractivity contribution in [1.82, 2.24) is 4.90 Å². The lowest BCUT2D eigenvalue weighted by Crippen LogP contribution is -2.52. The first kappa shape index (κ1) is 16.8. The van der Waals surface area contributed by atoms with Crippen LogP contribution < -0.4 is 14.4 Å². The number of rotatable bonds is 4. The summed E-state index contributed by atoms with van der Waals surface area (Å²) >= 11 is 0. The van der Waals surface area contributed by atoms with E-state index < -0.39 is 0 Å². The standard InChI is InChI=1S/C21H24N2O3/c1-2-25-19-10-6-4-8-17(19)22-11-13-23(14-12-22)21(24)20-15-16-7-3-5-9-18(16)26-20/h3-10,20H,2,11-15H2,1H3/t20-/m1/s1. The number of fused-ring (bicyclic) bond motifs is 1. The lowest BCUT2D eigenvalue weighted by atomic mass is 10.1. The summed E-state index contributed by atoms with van der Waals surface area (Å²) < 4.78 is 11.6. The molecule has 0 aliphatic carbocycles. The molecule has 4 rings (SSSR count). The molecule has 1 saturated heterocycles. The predicted octanol–water partition coefficient (Wildman–Crippen LogP) is 2.74. The summed E-state index contributed by atoms with van der Waals surface area (Å²) in [5.74, 6) is 1.85. The van der Waals surface area contributed by atoms with Crippen molar-refractivity contribution in [3.63, 3.8) is 0 Å². The highest BCUT2D eigenvalue weighted by molar-refractivity contribution is 5.83. The van der Waals surface area contributed by atoms with E-state index in [1.54, 1.807) is 0 Å². The highest BCUT2D eigenvalue weighted by Gasteiger charge is 2.33. The molecule has 0 aromatic heterocycles. The zero-order chi connectivity index (χ0) is 17.9. The number of amides is 1. The monoisotopic (exact) mass is 352 g/mol. The van der Waals surface area contributed by atoms with Crippen LogP contribution in [0.2, 0.25) is 0 Å². The van der Waals surface area contributed by atoms with Gasteiger partial charge in [0.1, 0.15) is 11.5 Å². The number of hydrogen-bond donors (Lipinski definition) is 0. The molecule has 2 heterocycles. The second-order valence-corrected chi connectivity index (χ2v) is 6.63. The molecule has 2 aliphatic heterocycles. The van der Waals surface area contributed by atoms with Gasteiger partial charge in [-0.2, -0.15) is 0 Å². The van der Waals surface area contributed by atoms with E-state index in [2.05, 4.69) is 11.0 Å². The van der Waals surface area contributed by atoms with Crippen LogP contribution in [-0.2, 0) is 11.2 Å². The largest absolute Gasteiger partial charge is 0.492 e. The maximum absolute atomic E-state index is 12.8. The molecule has 1 fully saturated rings. The van der Waals surface area contributed by atoms with Crippen LogP contribution in [0.1, 0.15) is 12.5 Å². The summed E-state index contributed by atoms with van der Waals surface area (Å²) in [6.45, 7) is 5.65. The minimum absolute atomic E-state index is 0.0962. The van der Waals surface area contributed by atoms with Crippen molar-refractivity contribution in [2.45, 2.75) is 19.4 Å². The summed E-state index contributed by atoms with van der Waals surface area (Å²) in [6, 6.07) is 16.0. The second kappa shape index (κ2) is 7.28. The molecule has 26 heavy (non-hydrogen) atoms. The third-order valence-electron chi connectivity index (χ3n) is 5.02. The van der Waals surface area contributed by atoms with Gasteiger partial charge in [0, 0.05) is 32.6 Å². The number of piperazine rings is 1. The number of nitrogens with zero attached hydrogens (tertiary/aromatic N) is 2. The Labute approximate surface area is 154 Å². The van der Waals surface area contributed by atoms with Gasteiger partial charge in [-0.25, -0.2) is 0 Å². The van der Waals surface area contributed by atoms with E-state index >= 15 is 0 Å². The van der Waals surface area contributed by atoms with Gasteiger partial charge >= 0.3 is 0 Å². The van der Waals surface area contributed by atoms with Crippen LogP contribution in [0.25, 0.3) is 0 Å². The molecule has 1 atom stereocenters. The molecular formula is C21H24N2O3. The molecule has 0 saturated carbocycles. The van der Waals surface area contributed by atoms with Crippen LogP contribution in [0.15, 0.2) is 48.5 Å². The van der Waals surface area contributed by atoms with Crippen LogP contribution >= 0.6 is 0 Å². The van der Waals surface area contributed by atoms with Crippen molar-refractivity contribution >= 4 is 11.6 Å². The van der Waals surface area contributed by atoms with Crippen LogP contribution in [0, 0.1) is 0 Å². The van der Waals surface area contributed by atoms with Crippen molar-refractivity contribution in [3.8, 4) is 11.5 Å². The smallest absolute Gasteiger partial charge is 0.264 e. The van der Waals surface area contributed by atoms with Gasteiger partial charge in [-0.05, 0) is 30.7 Å². The third-order valence-corrected chi connectivity index (χ3v) is 5.02. The Kier molecular flexibility index (Phi) is 4.69. The van der Waals surface area contributed by atoms with E-state index in [0.717, 1.165) is 35.8 Å². The van der Waals surface area contributed by atoms with Crippen molar-refractivity contribution in [1.29, 1.82) is 0 Å². The van der Waals surface area contributed by atoms with Gasteiger partial charge in [0.25, 0.3) is 5.91 Å². The molecule has 1 amide bonds. The van der Waals surface area contributed by atoms with Crippen LogP contribution in [0.3, 0.4) is 0 Å². The summed E-state index contributed by atoms with van der Waals surface area (Å²) in [7, 11) is 0. The minimum atomic E-state index is -0.380. The number of carbonyl (C=O) groups is 1. The maximum atomic E-state index is 12.8. The van der Waals surface area contributed by atoms with Gasteiger partial charge in [-0.1, -0.05) is 30.3 Å². The van der Waals surface area contributed by atoms with E-state index in [9.17, 15) is 4.79 Å². The number of carbonyl (C=O) groups excluding carboxylic acids is 1. The summed E-state index contributed by atoms with van der Waals surface area (Å²) in [5.41, 5.74) is 2.22. The fraction of sp³-hybridized carbons (Fsp3) is 0.381. The van der Waals surface area contributed by atoms with Gasteiger partial charge < -0.3 is 19.3 Å². The number of hydrogen-bond acceptors (Lipinski definition) is 4. The van der Waals surface area contributed by atoms with E-state index in [0.29, 0.717) is 26.1 Å². The van der Waals surface area contributed by atoms with Gasteiger partial charge in [0.15, 0.2) is 6.10 Å². The fourth-order valence-electron chi connectivity index (χ4n) is 3.69. The molecule has 2 aromatic carbocycles. The van der Waals surface area contributed by atoms with E-state index in [1.165, 1.54) is 0 Å².